The summed E-state index contributed by atoms with van der Waals surface area (Å²) >= 11 is 0. The van der Waals surface area contributed by atoms with Gasteiger partial charge in [-0.3, -0.25) is 4.79 Å². The van der Waals surface area contributed by atoms with E-state index >= 15 is 0 Å². The van der Waals surface area contributed by atoms with Crippen molar-refractivity contribution < 1.29 is 24.5 Å². The fourth-order valence-corrected chi connectivity index (χ4v) is 3.32. The maximum atomic E-state index is 12.6. The zero-order valence-electron chi connectivity index (χ0n) is 19.8. The summed E-state index contributed by atoms with van der Waals surface area (Å²) in [6.07, 6.45) is 3.01. The summed E-state index contributed by atoms with van der Waals surface area (Å²) in [5.41, 5.74) is 2.27. The van der Waals surface area contributed by atoms with Crippen LogP contribution >= 0.6 is 0 Å². The quantitative estimate of drug-likeness (QED) is 0.462. The van der Waals surface area contributed by atoms with Crippen molar-refractivity contribution in [3.05, 3.63) is 64.7 Å². The van der Waals surface area contributed by atoms with Crippen LogP contribution in [-0.4, -0.2) is 29.2 Å². The van der Waals surface area contributed by atoms with E-state index in [4.69, 9.17) is 4.74 Å². The van der Waals surface area contributed by atoms with Gasteiger partial charge in [0, 0.05) is 17.2 Å². The third kappa shape index (κ3) is 6.13. The third-order valence-corrected chi connectivity index (χ3v) is 5.13. The first-order valence-corrected chi connectivity index (χ1v) is 10.5. The van der Waals surface area contributed by atoms with Gasteiger partial charge in [0.1, 0.15) is 11.5 Å². The van der Waals surface area contributed by atoms with Crippen LogP contribution in [0.5, 0.6) is 11.5 Å². The van der Waals surface area contributed by atoms with Crippen molar-refractivity contribution in [1.82, 2.24) is 5.32 Å². The van der Waals surface area contributed by atoms with Gasteiger partial charge in [0.2, 0.25) is 5.91 Å². The van der Waals surface area contributed by atoms with E-state index in [9.17, 15) is 19.8 Å². The lowest BCUT2D eigenvalue weighted by atomic mass is 9.78. The Labute approximate surface area is 189 Å². The number of rotatable bonds is 5. The van der Waals surface area contributed by atoms with Gasteiger partial charge >= 0.3 is 5.97 Å². The van der Waals surface area contributed by atoms with Crippen LogP contribution in [0.25, 0.3) is 6.08 Å². The summed E-state index contributed by atoms with van der Waals surface area (Å²) in [5, 5.41) is 23.0. The number of carbonyl (C=O) groups is 2. The normalized spacial score (nSPS) is 13.1. The smallest absolute Gasteiger partial charge is 0.333 e. The van der Waals surface area contributed by atoms with Crippen LogP contribution in [0, 0.1) is 0 Å². The Kier molecular flexibility index (Phi) is 7.39. The molecule has 6 heteroatoms. The van der Waals surface area contributed by atoms with E-state index in [1.807, 2.05) is 53.7 Å². The molecule has 0 bridgehead atoms. The molecule has 2 aromatic rings. The van der Waals surface area contributed by atoms with E-state index in [0.29, 0.717) is 5.56 Å². The van der Waals surface area contributed by atoms with Gasteiger partial charge in [0.25, 0.3) is 0 Å². The lowest BCUT2D eigenvalue weighted by Crippen LogP contribution is -2.33. The van der Waals surface area contributed by atoms with Crippen molar-refractivity contribution in [2.45, 2.75) is 58.4 Å². The molecule has 3 N–H and O–H groups in total. The zero-order valence-corrected chi connectivity index (χ0v) is 19.8. The van der Waals surface area contributed by atoms with Crippen LogP contribution in [0.3, 0.4) is 0 Å². The van der Waals surface area contributed by atoms with Gasteiger partial charge in [-0.05, 0) is 52.3 Å². The number of hydrogen-bond acceptors (Lipinski definition) is 5. The Morgan fingerprint density at radius 2 is 1.44 bits per heavy atom. The molecular weight excluding hydrogens is 406 g/mol. The van der Waals surface area contributed by atoms with Crippen molar-refractivity contribution in [3.8, 4) is 11.5 Å². The van der Waals surface area contributed by atoms with Gasteiger partial charge in [-0.25, -0.2) is 4.79 Å². The summed E-state index contributed by atoms with van der Waals surface area (Å²) in [5.74, 6) is -0.770. The fraction of sp³-hybridized carbons (Fsp3) is 0.385. The number of esters is 1. The molecule has 0 spiro atoms. The average molecular weight is 440 g/mol. The van der Waals surface area contributed by atoms with Gasteiger partial charge in [-0.15, -0.1) is 0 Å². The Morgan fingerprint density at radius 3 is 1.88 bits per heavy atom. The molecule has 2 rings (SSSR count). The second kappa shape index (κ2) is 9.47. The highest BCUT2D eigenvalue weighted by Crippen LogP contribution is 2.40. The number of phenols is 2. The number of phenolic OH excluding ortho intramolecular Hbond substituents is 2. The number of amides is 1. The van der Waals surface area contributed by atoms with Crippen LogP contribution in [0.15, 0.2) is 42.5 Å². The van der Waals surface area contributed by atoms with Crippen LogP contribution < -0.4 is 5.32 Å². The van der Waals surface area contributed by atoms with Gasteiger partial charge in [-0.1, -0.05) is 53.7 Å². The van der Waals surface area contributed by atoms with Crippen LogP contribution in [-0.2, 0) is 25.2 Å². The summed E-state index contributed by atoms with van der Waals surface area (Å²) in [4.78, 5) is 24.8. The first-order valence-electron chi connectivity index (χ1n) is 10.5. The van der Waals surface area contributed by atoms with Gasteiger partial charge < -0.3 is 20.3 Å². The molecule has 0 aliphatic carbocycles. The number of methoxy groups -OCH3 is 1. The largest absolute Gasteiger partial charge is 0.508 e. The third-order valence-electron chi connectivity index (χ3n) is 5.13. The highest BCUT2D eigenvalue weighted by atomic mass is 16.5. The molecule has 0 radical (unpaired) electrons. The molecule has 1 amide bonds. The SMILES string of the molecule is COC(=O)C(NC(=O)/C=C/c1cc(C(C)(C)C)c(O)c(C(C)(C)C)c1)c1ccc(O)cc1. The lowest BCUT2D eigenvalue weighted by Gasteiger charge is -2.27. The molecule has 0 aliphatic heterocycles. The minimum absolute atomic E-state index is 0.0558. The molecule has 0 aromatic heterocycles. The molecule has 2 aromatic carbocycles. The van der Waals surface area contributed by atoms with E-state index in [-0.39, 0.29) is 22.3 Å². The Balaban J connectivity index is 2.36. The first-order chi connectivity index (χ1) is 14.7. The highest BCUT2D eigenvalue weighted by Gasteiger charge is 2.26. The van der Waals surface area contributed by atoms with Crippen LogP contribution in [0.2, 0.25) is 0 Å². The molecule has 0 heterocycles. The van der Waals surface area contributed by atoms with Crippen molar-refractivity contribution in [1.29, 1.82) is 0 Å². The Hall–Kier alpha value is -3.28. The standard InChI is InChI=1S/C26H33NO5/c1-25(2,3)19-14-16(15-20(23(19)30)26(4,5)6)8-13-21(29)27-22(24(31)32-7)17-9-11-18(28)12-10-17/h8-15,22,28,30H,1-7H3,(H,27,29)/b13-8+. The molecule has 0 fully saturated rings. The molecule has 0 aliphatic rings. The number of carbonyl (C=O) groups excluding carboxylic acids is 2. The van der Waals surface area contributed by atoms with E-state index in [2.05, 4.69) is 5.32 Å². The molecule has 6 nitrogen and oxygen atoms in total. The molecule has 1 atom stereocenters. The second-order valence-electron chi connectivity index (χ2n) is 9.85. The fourth-order valence-electron chi connectivity index (χ4n) is 3.32. The Morgan fingerprint density at radius 1 is 0.938 bits per heavy atom. The second-order valence-corrected chi connectivity index (χ2v) is 9.85. The lowest BCUT2D eigenvalue weighted by molar-refractivity contribution is -0.144. The molecule has 32 heavy (non-hydrogen) atoms. The van der Waals surface area contributed by atoms with Gasteiger partial charge in [0.15, 0.2) is 6.04 Å². The van der Waals surface area contributed by atoms with E-state index in [0.717, 1.165) is 16.7 Å². The molecule has 172 valence electrons. The summed E-state index contributed by atoms with van der Waals surface area (Å²) < 4.78 is 4.81. The van der Waals surface area contributed by atoms with E-state index in [1.165, 1.54) is 25.3 Å². The van der Waals surface area contributed by atoms with Crippen molar-refractivity contribution >= 4 is 18.0 Å². The van der Waals surface area contributed by atoms with E-state index in [1.54, 1.807) is 18.2 Å². The molecule has 0 saturated carbocycles. The maximum absolute atomic E-state index is 12.6. The molecule has 0 saturated heterocycles. The summed E-state index contributed by atoms with van der Waals surface area (Å²) in [6, 6.07) is 8.70. The Bertz CT molecular complexity index is 973. The monoisotopic (exact) mass is 439 g/mol. The number of benzene rings is 2. The predicted octanol–water partition coefficient (Wildman–Crippen LogP) is 4.74. The van der Waals surface area contributed by atoms with Crippen molar-refractivity contribution in [2.24, 2.45) is 0 Å². The van der Waals surface area contributed by atoms with Crippen molar-refractivity contribution in [3.63, 3.8) is 0 Å². The minimum Gasteiger partial charge on any atom is -0.508 e. The maximum Gasteiger partial charge on any atom is 0.333 e. The number of ether oxygens (including phenoxy) is 1. The van der Waals surface area contributed by atoms with Crippen LogP contribution in [0.4, 0.5) is 0 Å². The van der Waals surface area contributed by atoms with E-state index < -0.39 is 17.9 Å². The predicted molar refractivity (Wildman–Crippen MR) is 126 cm³/mol. The highest BCUT2D eigenvalue weighted by molar-refractivity contribution is 5.95. The zero-order chi connectivity index (χ0) is 24.3. The summed E-state index contributed by atoms with van der Waals surface area (Å²) in [6.45, 7) is 12.1. The number of nitrogens with one attached hydrogen (secondary N) is 1. The minimum atomic E-state index is -1.01. The van der Waals surface area contributed by atoms with Crippen LogP contribution in [0.1, 0.15) is 69.8 Å². The van der Waals surface area contributed by atoms with Gasteiger partial charge in [-0.2, -0.15) is 0 Å². The number of hydrogen-bond donors (Lipinski definition) is 3. The molecule has 1 unspecified atom stereocenters. The summed E-state index contributed by atoms with van der Waals surface area (Å²) in [7, 11) is 1.25. The molecular formula is C26H33NO5. The number of aromatic hydroxyl groups is 2. The van der Waals surface area contributed by atoms with Crippen molar-refractivity contribution in [2.75, 3.05) is 7.11 Å². The van der Waals surface area contributed by atoms with Gasteiger partial charge in [0.05, 0.1) is 7.11 Å². The average Bonchev–Trinajstić information content (AvgIpc) is 2.69. The first kappa shape index (κ1) is 25.0. The topological polar surface area (TPSA) is 95.9 Å².